The van der Waals surface area contributed by atoms with Gasteiger partial charge in [-0.25, -0.2) is 4.79 Å². The molecule has 7 nitrogen and oxygen atoms in total. The molecule has 1 fully saturated rings. The third kappa shape index (κ3) is 3.24. The number of rotatable bonds is 3. The molecule has 0 atom stereocenters. The Labute approximate surface area is 169 Å². The zero-order chi connectivity index (χ0) is 19.8. The molecule has 146 valence electrons. The summed E-state index contributed by atoms with van der Waals surface area (Å²) in [5.74, 6) is -0.739. The zero-order valence-corrected chi connectivity index (χ0v) is 16.9. The number of hydrogen-bond acceptors (Lipinski definition) is 6. The maximum atomic E-state index is 12.9. The molecule has 1 aromatic carbocycles. The van der Waals surface area contributed by atoms with Gasteiger partial charge in [0.15, 0.2) is 3.95 Å². The van der Waals surface area contributed by atoms with E-state index in [0.717, 1.165) is 37.0 Å². The Kier molecular flexibility index (Phi) is 5.03. The van der Waals surface area contributed by atoms with Gasteiger partial charge in [0, 0.05) is 6.04 Å². The summed E-state index contributed by atoms with van der Waals surface area (Å²) < 4.78 is 6.83. The number of esters is 1. The van der Waals surface area contributed by atoms with Crippen LogP contribution in [0.3, 0.4) is 0 Å². The minimum Gasteiger partial charge on any atom is -0.465 e. The standard InChI is InChI=1S/C19H19N3O4S2/c1-26-18(25)10-7-8-12-13(9-10)22-15(21-16(12)23)14(28-19(22)27)17(24)20-11-5-3-2-4-6-11/h7-9,11H,2-6H2,1H3,(H,20,24)(H,21,23). The van der Waals surface area contributed by atoms with Crippen molar-refractivity contribution < 1.29 is 14.3 Å². The highest BCUT2D eigenvalue weighted by Crippen LogP contribution is 2.25. The van der Waals surface area contributed by atoms with Gasteiger partial charge in [0.05, 0.1) is 23.6 Å². The van der Waals surface area contributed by atoms with E-state index in [1.54, 1.807) is 16.5 Å². The van der Waals surface area contributed by atoms with Crippen LogP contribution in [0.1, 0.15) is 52.1 Å². The van der Waals surface area contributed by atoms with E-state index in [0.29, 0.717) is 30.9 Å². The Morgan fingerprint density at radius 3 is 2.75 bits per heavy atom. The van der Waals surface area contributed by atoms with Crippen LogP contribution < -0.4 is 10.9 Å². The molecule has 1 saturated carbocycles. The van der Waals surface area contributed by atoms with Gasteiger partial charge >= 0.3 is 5.97 Å². The molecule has 1 aliphatic carbocycles. The molecule has 0 aliphatic heterocycles. The van der Waals surface area contributed by atoms with Crippen molar-refractivity contribution >= 4 is 52.0 Å². The fourth-order valence-electron chi connectivity index (χ4n) is 3.69. The van der Waals surface area contributed by atoms with Crippen LogP contribution in [0.2, 0.25) is 0 Å². The number of ether oxygens (including phenoxy) is 1. The zero-order valence-electron chi connectivity index (χ0n) is 15.2. The predicted molar refractivity (Wildman–Crippen MR) is 110 cm³/mol. The Morgan fingerprint density at radius 2 is 2.04 bits per heavy atom. The molecule has 1 amide bonds. The second-order valence-corrected chi connectivity index (χ2v) is 8.51. The minimum atomic E-state index is -0.507. The van der Waals surface area contributed by atoms with Gasteiger partial charge in [-0.1, -0.05) is 30.6 Å². The second kappa shape index (κ2) is 7.48. The maximum absolute atomic E-state index is 12.9. The largest absolute Gasteiger partial charge is 0.465 e. The van der Waals surface area contributed by atoms with E-state index in [9.17, 15) is 14.4 Å². The molecular weight excluding hydrogens is 398 g/mol. The molecule has 0 saturated heterocycles. The van der Waals surface area contributed by atoms with Crippen molar-refractivity contribution in [3.63, 3.8) is 0 Å². The lowest BCUT2D eigenvalue weighted by molar-refractivity contribution is 0.0600. The number of carbonyl (C=O) groups excluding carboxylic acids is 2. The van der Waals surface area contributed by atoms with Crippen molar-refractivity contribution in [3.05, 3.63) is 42.9 Å². The Hall–Kier alpha value is -2.52. The molecule has 2 heterocycles. The van der Waals surface area contributed by atoms with Gasteiger partial charge in [-0.15, -0.1) is 0 Å². The molecule has 1 aliphatic rings. The molecule has 0 radical (unpaired) electrons. The molecule has 0 unspecified atom stereocenters. The number of nitrogens with one attached hydrogen (secondary N) is 2. The van der Waals surface area contributed by atoms with Crippen LogP contribution >= 0.6 is 23.6 Å². The van der Waals surface area contributed by atoms with Gasteiger partial charge in [-0.2, -0.15) is 0 Å². The van der Waals surface area contributed by atoms with Crippen molar-refractivity contribution in [2.75, 3.05) is 7.11 Å². The van der Waals surface area contributed by atoms with E-state index >= 15 is 0 Å². The van der Waals surface area contributed by atoms with Gasteiger partial charge in [0.25, 0.3) is 11.5 Å². The smallest absolute Gasteiger partial charge is 0.337 e. The number of fused-ring (bicyclic) bond motifs is 3. The lowest BCUT2D eigenvalue weighted by Gasteiger charge is -2.22. The quantitative estimate of drug-likeness (QED) is 0.503. The number of methoxy groups -OCH3 is 1. The van der Waals surface area contributed by atoms with Crippen LogP contribution in [0.4, 0.5) is 0 Å². The van der Waals surface area contributed by atoms with Crippen LogP contribution in [0.25, 0.3) is 16.6 Å². The van der Waals surface area contributed by atoms with Crippen LogP contribution in [0.15, 0.2) is 23.0 Å². The summed E-state index contributed by atoms with van der Waals surface area (Å²) in [4.78, 5) is 40.5. The molecule has 2 N–H and O–H groups in total. The highest BCUT2D eigenvalue weighted by molar-refractivity contribution is 7.73. The van der Waals surface area contributed by atoms with Crippen molar-refractivity contribution in [2.24, 2.45) is 0 Å². The van der Waals surface area contributed by atoms with Gasteiger partial charge in [-0.05, 0) is 43.3 Å². The van der Waals surface area contributed by atoms with E-state index in [-0.39, 0.29) is 17.5 Å². The number of benzene rings is 1. The highest BCUT2D eigenvalue weighted by atomic mass is 32.1. The number of carbonyl (C=O) groups is 2. The summed E-state index contributed by atoms with van der Waals surface area (Å²) in [6.45, 7) is 0. The average molecular weight is 418 g/mol. The Balaban J connectivity index is 1.85. The lowest BCUT2D eigenvalue weighted by atomic mass is 9.95. The van der Waals surface area contributed by atoms with E-state index in [1.807, 2.05) is 0 Å². The SMILES string of the molecule is COC(=O)c1ccc2c(=O)[nH]c3c(C(=O)NC4CCCCC4)sc(=S)n3c2c1. The molecule has 4 rings (SSSR count). The summed E-state index contributed by atoms with van der Waals surface area (Å²) in [6, 6.07) is 4.80. The lowest BCUT2D eigenvalue weighted by Crippen LogP contribution is -2.36. The number of thiazole rings is 1. The molecule has 2 aromatic heterocycles. The van der Waals surface area contributed by atoms with Gasteiger partial charge in [0.2, 0.25) is 0 Å². The van der Waals surface area contributed by atoms with Crippen LogP contribution in [0, 0.1) is 3.95 Å². The van der Waals surface area contributed by atoms with Crippen molar-refractivity contribution in [1.29, 1.82) is 0 Å². The Morgan fingerprint density at radius 1 is 1.29 bits per heavy atom. The summed E-state index contributed by atoms with van der Waals surface area (Å²) in [7, 11) is 1.30. The van der Waals surface area contributed by atoms with Gasteiger partial charge < -0.3 is 15.0 Å². The summed E-state index contributed by atoms with van der Waals surface area (Å²) >= 11 is 6.62. The normalized spacial score (nSPS) is 15.0. The van der Waals surface area contributed by atoms with Crippen LogP contribution in [-0.2, 0) is 4.74 Å². The molecule has 28 heavy (non-hydrogen) atoms. The van der Waals surface area contributed by atoms with Gasteiger partial charge in [0.1, 0.15) is 10.5 Å². The highest BCUT2D eigenvalue weighted by Gasteiger charge is 2.22. The van der Waals surface area contributed by atoms with Crippen molar-refractivity contribution in [2.45, 2.75) is 38.1 Å². The second-order valence-electron chi connectivity index (χ2n) is 6.87. The maximum Gasteiger partial charge on any atom is 0.337 e. The van der Waals surface area contributed by atoms with Crippen LogP contribution in [-0.4, -0.2) is 34.4 Å². The number of H-pyrrole nitrogens is 1. The third-order valence-corrected chi connectivity index (χ3v) is 6.47. The number of hydrogen-bond donors (Lipinski definition) is 2. The summed E-state index contributed by atoms with van der Waals surface area (Å²) in [5, 5.41) is 3.45. The van der Waals surface area contributed by atoms with Crippen molar-refractivity contribution in [1.82, 2.24) is 14.7 Å². The van der Waals surface area contributed by atoms with Crippen molar-refractivity contribution in [3.8, 4) is 0 Å². The first kappa shape index (κ1) is 18.8. The molecular formula is C19H19N3O4S2. The van der Waals surface area contributed by atoms with E-state index < -0.39 is 5.97 Å². The molecule has 9 heteroatoms. The molecule has 0 spiro atoms. The number of aromatic amines is 1. The topological polar surface area (TPSA) is 92.7 Å². The minimum absolute atomic E-state index is 0.148. The Bertz CT molecular complexity index is 1200. The number of nitrogens with zero attached hydrogens (tertiary/aromatic N) is 1. The molecule has 3 aromatic rings. The number of aromatic nitrogens is 2. The first-order valence-corrected chi connectivity index (χ1v) is 10.3. The van der Waals surface area contributed by atoms with E-state index in [1.165, 1.54) is 19.6 Å². The first-order valence-electron chi connectivity index (χ1n) is 9.10. The fourth-order valence-corrected chi connectivity index (χ4v) is 4.97. The predicted octanol–water partition coefficient (Wildman–Crippen LogP) is 3.42. The van der Waals surface area contributed by atoms with Crippen LogP contribution in [0.5, 0.6) is 0 Å². The fraction of sp³-hybridized carbons (Fsp3) is 0.368. The van der Waals surface area contributed by atoms with E-state index in [4.69, 9.17) is 17.0 Å². The third-order valence-electron chi connectivity index (χ3n) is 5.09. The summed E-state index contributed by atoms with van der Waals surface area (Å²) in [5.41, 5.74) is 0.789. The first-order chi connectivity index (χ1) is 13.5. The summed E-state index contributed by atoms with van der Waals surface area (Å²) in [6.07, 6.45) is 5.34. The average Bonchev–Trinajstić information content (AvgIpc) is 3.04. The van der Waals surface area contributed by atoms with E-state index in [2.05, 4.69) is 10.3 Å². The van der Waals surface area contributed by atoms with Gasteiger partial charge in [-0.3, -0.25) is 14.0 Å². The number of amides is 1. The monoisotopic (exact) mass is 417 g/mol. The molecule has 0 bridgehead atoms.